The zero-order chi connectivity index (χ0) is 15.2. The first-order valence-electron chi connectivity index (χ1n) is 6.73. The van der Waals surface area contributed by atoms with Crippen LogP contribution in [-0.4, -0.2) is 23.5 Å². The van der Waals surface area contributed by atoms with Gasteiger partial charge in [0.1, 0.15) is 0 Å². The molecule has 4 nitrogen and oxygen atoms in total. The van der Waals surface area contributed by atoms with Crippen LogP contribution in [0, 0.1) is 6.92 Å². The van der Waals surface area contributed by atoms with E-state index in [0.29, 0.717) is 12.1 Å². The van der Waals surface area contributed by atoms with Gasteiger partial charge in [-0.05, 0) is 38.1 Å². The van der Waals surface area contributed by atoms with E-state index in [1.807, 2.05) is 38.1 Å². The highest BCUT2D eigenvalue weighted by molar-refractivity contribution is 7.98. The molecule has 0 radical (unpaired) electrons. The van der Waals surface area contributed by atoms with Crippen LogP contribution in [0.5, 0.6) is 0 Å². The molecular weight excluding hydrogens is 302 g/mol. The fourth-order valence-electron chi connectivity index (χ4n) is 1.70. The SMILES string of the molecule is Cc1nc(CSc2ccc(C(=O)N[C@@H](C)CN)cc2)cs1. The number of aromatic nitrogens is 1. The van der Waals surface area contributed by atoms with Crippen LogP contribution in [0.1, 0.15) is 28.0 Å². The molecule has 0 unspecified atom stereocenters. The van der Waals surface area contributed by atoms with Crippen molar-refractivity contribution in [3.63, 3.8) is 0 Å². The summed E-state index contributed by atoms with van der Waals surface area (Å²) in [6.07, 6.45) is 0. The van der Waals surface area contributed by atoms with Crippen LogP contribution < -0.4 is 11.1 Å². The number of thiazole rings is 1. The lowest BCUT2D eigenvalue weighted by Gasteiger charge is -2.11. The summed E-state index contributed by atoms with van der Waals surface area (Å²) < 4.78 is 0. The first kappa shape index (κ1) is 16.0. The molecule has 0 spiro atoms. The Bertz CT molecular complexity index is 595. The van der Waals surface area contributed by atoms with E-state index in [2.05, 4.69) is 15.7 Å². The Balaban J connectivity index is 1.91. The van der Waals surface area contributed by atoms with Crippen molar-refractivity contribution in [2.45, 2.75) is 30.5 Å². The first-order valence-corrected chi connectivity index (χ1v) is 8.60. The van der Waals surface area contributed by atoms with Crippen LogP contribution >= 0.6 is 23.1 Å². The van der Waals surface area contributed by atoms with E-state index in [9.17, 15) is 4.79 Å². The summed E-state index contributed by atoms with van der Waals surface area (Å²) in [6, 6.07) is 7.59. The highest BCUT2D eigenvalue weighted by Gasteiger charge is 2.08. The van der Waals surface area contributed by atoms with Gasteiger partial charge in [0.05, 0.1) is 10.7 Å². The van der Waals surface area contributed by atoms with Crippen molar-refractivity contribution >= 4 is 29.0 Å². The van der Waals surface area contributed by atoms with Crippen LogP contribution in [0.3, 0.4) is 0 Å². The molecule has 3 N–H and O–H groups in total. The maximum absolute atomic E-state index is 11.9. The Kier molecular flexibility index (Phi) is 5.78. The van der Waals surface area contributed by atoms with Crippen molar-refractivity contribution < 1.29 is 4.79 Å². The molecule has 112 valence electrons. The normalized spacial score (nSPS) is 12.1. The van der Waals surface area contributed by atoms with E-state index in [1.54, 1.807) is 23.1 Å². The van der Waals surface area contributed by atoms with Gasteiger partial charge in [-0.25, -0.2) is 4.98 Å². The second-order valence-corrected chi connectivity index (χ2v) is 6.89. The molecule has 0 aliphatic heterocycles. The summed E-state index contributed by atoms with van der Waals surface area (Å²) >= 11 is 3.38. The summed E-state index contributed by atoms with van der Waals surface area (Å²) in [6.45, 7) is 4.33. The summed E-state index contributed by atoms with van der Waals surface area (Å²) in [7, 11) is 0. The topological polar surface area (TPSA) is 68.0 Å². The van der Waals surface area contributed by atoms with Crippen molar-refractivity contribution in [1.82, 2.24) is 10.3 Å². The fourth-order valence-corrected chi connectivity index (χ4v) is 3.21. The summed E-state index contributed by atoms with van der Waals surface area (Å²) in [5.41, 5.74) is 7.25. The Morgan fingerprint density at radius 1 is 1.43 bits per heavy atom. The van der Waals surface area contributed by atoms with Crippen molar-refractivity contribution in [3.05, 3.63) is 45.9 Å². The largest absolute Gasteiger partial charge is 0.348 e. The number of nitrogens with one attached hydrogen (secondary N) is 1. The number of benzene rings is 1. The van der Waals surface area contributed by atoms with Gasteiger partial charge in [-0.3, -0.25) is 4.79 Å². The van der Waals surface area contributed by atoms with E-state index >= 15 is 0 Å². The summed E-state index contributed by atoms with van der Waals surface area (Å²) in [4.78, 5) is 17.5. The van der Waals surface area contributed by atoms with Gasteiger partial charge in [-0.2, -0.15) is 0 Å². The van der Waals surface area contributed by atoms with Gasteiger partial charge >= 0.3 is 0 Å². The molecule has 2 rings (SSSR count). The van der Waals surface area contributed by atoms with Crippen molar-refractivity contribution in [2.75, 3.05) is 6.54 Å². The number of hydrogen-bond donors (Lipinski definition) is 2. The molecule has 0 bridgehead atoms. The van der Waals surface area contributed by atoms with Crippen molar-refractivity contribution in [2.24, 2.45) is 5.73 Å². The number of nitrogens with zero attached hydrogens (tertiary/aromatic N) is 1. The average Bonchev–Trinajstić information content (AvgIpc) is 2.91. The molecule has 1 aromatic carbocycles. The fraction of sp³-hybridized carbons (Fsp3) is 0.333. The maximum atomic E-state index is 11.9. The van der Waals surface area contributed by atoms with Gasteiger partial charge in [-0.1, -0.05) is 0 Å². The number of rotatable bonds is 6. The quantitative estimate of drug-likeness (QED) is 0.803. The Morgan fingerprint density at radius 2 is 2.14 bits per heavy atom. The molecule has 0 saturated heterocycles. The van der Waals surface area contributed by atoms with Gasteiger partial charge in [-0.15, -0.1) is 23.1 Å². The molecule has 0 fully saturated rings. The molecule has 6 heteroatoms. The van der Waals surface area contributed by atoms with Gasteiger partial charge < -0.3 is 11.1 Å². The highest BCUT2D eigenvalue weighted by atomic mass is 32.2. The van der Waals surface area contributed by atoms with Crippen LogP contribution in [-0.2, 0) is 5.75 Å². The zero-order valence-corrected chi connectivity index (χ0v) is 13.8. The Hall–Kier alpha value is -1.37. The lowest BCUT2D eigenvalue weighted by molar-refractivity contribution is 0.0941. The number of carbonyl (C=O) groups is 1. The summed E-state index contributed by atoms with van der Waals surface area (Å²) in [5.74, 6) is 0.764. The van der Waals surface area contributed by atoms with Gasteiger partial charge in [0.15, 0.2) is 0 Å². The molecular formula is C15H19N3OS2. The van der Waals surface area contributed by atoms with E-state index in [1.165, 1.54) is 0 Å². The third-order valence-electron chi connectivity index (χ3n) is 2.90. The lowest BCUT2D eigenvalue weighted by atomic mass is 10.2. The second kappa shape index (κ2) is 7.59. The van der Waals surface area contributed by atoms with E-state index in [-0.39, 0.29) is 11.9 Å². The standard InChI is InChI=1S/C15H19N3OS2/c1-10(7-16)17-15(19)12-3-5-14(6-4-12)21-9-13-8-20-11(2)18-13/h3-6,8,10H,7,9,16H2,1-2H3,(H,17,19)/t10-/m0/s1. The van der Waals surface area contributed by atoms with E-state index in [0.717, 1.165) is 21.3 Å². The average molecular weight is 321 g/mol. The molecule has 0 aliphatic rings. The molecule has 1 heterocycles. The molecule has 1 aromatic heterocycles. The number of carbonyl (C=O) groups excluding carboxylic acids is 1. The van der Waals surface area contributed by atoms with Crippen LogP contribution in [0.15, 0.2) is 34.5 Å². The minimum Gasteiger partial charge on any atom is -0.348 e. The number of aryl methyl sites for hydroxylation is 1. The smallest absolute Gasteiger partial charge is 0.251 e. The number of hydrogen-bond acceptors (Lipinski definition) is 5. The molecule has 0 saturated carbocycles. The predicted molar refractivity (Wildman–Crippen MR) is 88.8 cm³/mol. The summed E-state index contributed by atoms with van der Waals surface area (Å²) in [5, 5.41) is 6.02. The molecule has 21 heavy (non-hydrogen) atoms. The van der Waals surface area contributed by atoms with Crippen LogP contribution in [0.2, 0.25) is 0 Å². The number of nitrogens with two attached hydrogens (primary N) is 1. The van der Waals surface area contributed by atoms with Crippen molar-refractivity contribution in [3.8, 4) is 0 Å². The Labute approximate surface area is 133 Å². The number of amides is 1. The van der Waals surface area contributed by atoms with Gasteiger partial charge in [0.2, 0.25) is 0 Å². The molecule has 0 aliphatic carbocycles. The van der Waals surface area contributed by atoms with E-state index < -0.39 is 0 Å². The molecule has 1 amide bonds. The molecule has 2 aromatic rings. The highest BCUT2D eigenvalue weighted by Crippen LogP contribution is 2.23. The minimum absolute atomic E-state index is 0.0144. The third kappa shape index (κ3) is 4.84. The van der Waals surface area contributed by atoms with E-state index in [4.69, 9.17) is 5.73 Å². The van der Waals surface area contributed by atoms with Gasteiger partial charge in [0, 0.05) is 34.2 Å². The van der Waals surface area contributed by atoms with Crippen molar-refractivity contribution in [1.29, 1.82) is 0 Å². The lowest BCUT2D eigenvalue weighted by Crippen LogP contribution is -2.37. The van der Waals surface area contributed by atoms with Gasteiger partial charge in [0.25, 0.3) is 5.91 Å². The molecule has 1 atom stereocenters. The maximum Gasteiger partial charge on any atom is 0.251 e. The van der Waals surface area contributed by atoms with Crippen LogP contribution in [0.25, 0.3) is 0 Å². The number of thioether (sulfide) groups is 1. The monoisotopic (exact) mass is 321 g/mol. The van der Waals surface area contributed by atoms with Crippen LogP contribution in [0.4, 0.5) is 0 Å². The third-order valence-corrected chi connectivity index (χ3v) is 4.77. The minimum atomic E-state index is -0.0837. The second-order valence-electron chi connectivity index (χ2n) is 4.78. The first-order chi connectivity index (χ1) is 10.1. The predicted octanol–water partition coefficient (Wildman–Crippen LogP) is 2.82. The Morgan fingerprint density at radius 3 is 2.71 bits per heavy atom. The zero-order valence-electron chi connectivity index (χ0n) is 12.1.